The molecule has 1 aromatic carbocycles. The standard InChI is InChI=1S/C15H19N3O/c1-3-19-14-9-10-16-15(18-14)17-12(2)11-13-7-5-4-6-8-13/h4-10,12H,3,11H2,1-2H3,(H,16,17,18). The van der Waals surface area contributed by atoms with Crippen molar-refractivity contribution in [3.05, 3.63) is 48.2 Å². The van der Waals surface area contributed by atoms with Gasteiger partial charge in [0.15, 0.2) is 0 Å². The van der Waals surface area contributed by atoms with Gasteiger partial charge in [0.25, 0.3) is 0 Å². The average molecular weight is 257 g/mol. The minimum Gasteiger partial charge on any atom is -0.478 e. The fraction of sp³-hybridized carbons (Fsp3) is 0.333. The van der Waals surface area contributed by atoms with Crippen molar-refractivity contribution < 1.29 is 4.74 Å². The third-order valence-corrected chi connectivity index (χ3v) is 2.68. The van der Waals surface area contributed by atoms with E-state index in [0.717, 1.165) is 6.42 Å². The lowest BCUT2D eigenvalue weighted by molar-refractivity contribution is 0.326. The summed E-state index contributed by atoms with van der Waals surface area (Å²) in [6.07, 6.45) is 2.64. The molecule has 0 bridgehead atoms. The van der Waals surface area contributed by atoms with Crippen molar-refractivity contribution in [3.8, 4) is 5.88 Å². The van der Waals surface area contributed by atoms with E-state index in [-0.39, 0.29) is 6.04 Å². The zero-order chi connectivity index (χ0) is 13.5. The molecule has 0 aliphatic carbocycles. The molecule has 0 saturated carbocycles. The molecule has 1 aromatic heterocycles. The van der Waals surface area contributed by atoms with Crippen LogP contribution in [-0.2, 0) is 6.42 Å². The summed E-state index contributed by atoms with van der Waals surface area (Å²) in [5, 5.41) is 3.29. The van der Waals surface area contributed by atoms with Crippen LogP contribution in [0.1, 0.15) is 19.4 Å². The van der Waals surface area contributed by atoms with Gasteiger partial charge in [0, 0.05) is 18.3 Å². The van der Waals surface area contributed by atoms with Gasteiger partial charge in [0.1, 0.15) is 0 Å². The highest BCUT2D eigenvalue weighted by molar-refractivity contribution is 5.29. The Hall–Kier alpha value is -2.10. The summed E-state index contributed by atoms with van der Waals surface area (Å²) in [6, 6.07) is 12.4. The van der Waals surface area contributed by atoms with Gasteiger partial charge in [-0.3, -0.25) is 0 Å². The number of nitrogens with one attached hydrogen (secondary N) is 1. The molecule has 2 rings (SSSR count). The number of aromatic nitrogens is 2. The highest BCUT2D eigenvalue weighted by Crippen LogP contribution is 2.11. The zero-order valence-electron chi connectivity index (χ0n) is 11.3. The van der Waals surface area contributed by atoms with Crippen LogP contribution in [0.2, 0.25) is 0 Å². The fourth-order valence-electron chi connectivity index (χ4n) is 1.88. The molecular formula is C15H19N3O. The van der Waals surface area contributed by atoms with Crippen LogP contribution in [0, 0.1) is 0 Å². The van der Waals surface area contributed by atoms with E-state index < -0.39 is 0 Å². The van der Waals surface area contributed by atoms with E-state index in [9.17, 15) is 0 Å². The third kappa shape index (κ3) is 4.25. The van der Waals surface area contributed by atoms with Gasteiger partial charge in [0.05, 0.1) is 6.61 Å². The molecule has 1 atom stereocenters. The van der Waals surface area contributed by atoms with Crippen LogP contribution >= 0.6 is 0 Å². The molecule has 0 aliphatic rings. The summed E-state index contributed by atoms with van der Waals surface area (Å²) >= 11 is 0. The average Bonchev–Trinajstić information content (AvgIpc) is 2.40. The monoisotopic (exact) mass is 257 g/mol. The van der Waals surface area contributed by atoms with E-state index in [1.165, 1.54) is 5.56 Å². The highest BCUT2D eigenvalue weighted by Gasteiger charge is 2.06. The molecule has 19 heavy (non-hydrogen) atoms. The summed E-state index contributed by atoms with van der Waals surface area (Å²) < 4.78 is 5.36. The Morgan fingerprint density at radius 2 is 2.00 bits per heavy atom. The van der Waals surface area contributed by atoms with E-state index in [1.54, 1.807) is 12.3 Å². The van der Waals surface area contributed by atoms with Crippen molar-refractivity contribution in [2.75, 3.05) is 11.9 Å². The molecule has 0 radical (unpaired) electrons. The molecule has 1 N–H and O–H groups in total. The number of rotatable bonds is 6. The molecule has 0 fully saturated rings. The van der Waals surface area contributed by atoms with Crippen molar-refractivity contribution >= 4 is 5.95 Å². The Labute approximate surface area is 113 Å². The van der Waals surface area contributed by atoms with E-state index in [1.807, 2.05) is 25.1 Å². The lowest BCUT2D eigenvalue weighted by Gasteiger charge is -2.14. The van der Waals surface area contributed by atoms with Crippen molar-refractivity contribution in [1.82, 2.24) is 9.97 Å². The Kier molecular flexibility index (Phi) is 4.72. The second-order valence-corrected chi connectivity index (χ2v) is 4.39. The number of ether oxygens (including phenoxy) is 1. The molecule has 0 saturated heterocycles. The van der Waals surface area contributed by atoms with Gasteiger partial charge in [-0.25, -0.2) is 4.98 Å². The first-order valence-corrected chi connectivity index (χ1v) is 6.54. The first-order valence-electron chi connectivity index (χ1n) is 6.54. The minimum absolute atomic E-state index is 0.263. The number of benzene rings is 1. The third-order valence-electron chi connectivity index (χ3n) is 2.68. The summed E-state index contributed by atoms with van der Waals surface area (Å²) in [5.74, 6) is 1.21. The first kappa shape index (κ1) is 13.3. The largest absolute Gasteiger partial charge is 0.478 e. The first-order chi connectivity index (χ1) is 9.28. The predicted octanol–water partition coefficient (Wildman–Crippen LogP) is 2.92. The number of hydrogen-bond donors (Lipinski definition) is 1. The molecule has 0 aliphatic heterocycles. The van der Waals surface area contributed by atoms with Gasteiger partial charge in [0.2, 0.25) is 11.8 Å². The molecule has 0 spiro atoms. The lowest BCUT2D eigenvalue weighted by atomic mass is 10.1. The van der Waals surface area contributed by atoms with Crippen LogP contribution in [0.4, 0.5) is 5.95 Å². The van der Waals surface area contributed by atoms with Crippen LogP contribution in [0.3, 0.4) is 0 Å². The SMILES string of the molecule is CCOc1ccnc(NC(C)Cc2ccccc2)n1. The van der Waals surface area contributed by atoms with E-state index in [2.05, 4.69) is 34.3 Å². The normalized spacial score (nSPS) is 11.9. The van der Waals surface area contributed by atoms with Gasteiger partial charge < -0.3 is 10.1 Å². The second-order valence-electron chi connectivity index (χ2n) is 4.39. The second kappa shape index (κ2) is 6.73. The summed E-state index contributed by atoms with van der Waals surface area (Å²) in [5.41, 5.74) is 1.29. The van der Waals surface area contributed by atoms with Crippen LogP contribution in [0.15, 0.2) is 42.6 Å². The van der Waals surface area contributed by atoms with Crippen molar-refractivity contribution in [2.45, 2.75) is 26.3 Å². The van der Waals surface area contributed by atoms with Gasteiger partial charge in [-0.15, -0.1) is 0 Å². The molecule has 1 heterocycles. The molecular weight excluding hydrogens is 238 g/mol. The van der Waals surface area contributed by atoms with Gasteiger partial charge in [-0.1, -0.05) is 30.3 Å². The number of anilines is 1. The summed E-state index contributed by atoms with van der Waals surface area (Å²) in [6.45, 7) is 4.66. The topological polar surface area (TPSA) is 47.0 Å². The molecule has 4 nitrogen and oxygen atoms in total. The maximum atomic E-state index is 5.36. The molecule has 100 valence electrons. The van der Waals surface area contributed by atoms with E-state index in [0.29, 0.717) is 18.4 Å². The van der Waals surface area contributed by atoms with Gasteiger partial charge >= 0.3 is 0 Å². The van der Waals surface area contributed by atoms with Crippen LogP contribution in [0.25, 0.3) is 0 Å². The van der Waals surface area contributed by atoms with Gasteiger partial charge in [-0.05, 0) is 25.8 Å². The van der Waals surface area contributed by atoms with Crippen LogP contribution in [-0.4, -0.2) is 22.6 Å². The highest BCUT2D eigenvalue weighted by atomic mass is 16.5. The smallest absolute Gasteiger partial charge is 0.226 e. The summed E-state index contributed by atoms with van der Waals surface area (Å²) in [7, 11) is 0. The predicted molar refractivity (Wildman–Crippen MR) is 76.4 cm³/mol. The van der Waals surface area contributed by atoms with E-state index in [4.69, 9.17) is 4.74 Å². The van der Waals surface area contributed by atoms with E-state index >= 15 is 0 Å². The molecule has 1 unspecified atom stereocenters. The Bertz CT molecular complexity index is 502. The summed E-state index contributed by atoms with van der Waals surface area (Å²) in [4.78, 5) is 8.50. The maximum Gasteiger partial charge on any atom is 0.226 e. The van der Waals surface area contributed by atoms with Crippen LogP contribution < -0.4 is 10.1 Å². The Morgan fingerprint density at radius 3 is 2.74 bits per heavy atom. The van der Waals surface area contributed by atoms with Gasteiger partial charge in [-0.2, -0.15) is 4.98 Å². The number of nitrogens with zero attached hydrogens (tertiary/aromatic N) is 2. The quantitative estimate of drug-likeness (QED) is 0.864. The van der Waals surface area contributed by atoms with Crippen LogP contribution in [0.5, 0.6) is 5.88 Å². The molecule has 2 aromatic rings. The zero-order valence-corrected chi connectivity index (χ0v) is 11.3. The number of hydrogen-bond acceptors (Lipinski definition) is 4. The minimum atomic E-state index is 0.263. The fourth-order valence-corrected chi connectivity index (χ4v) is 1.88. The van der Waals surface area contributed by atoms with Crippen molar-refractivity contribution in [1.29, 1.82) is 0 Å². The van der Waals surface area contributed by atoms with Crippen molar-refractivity contribution in [3.63, 3.8) is 0 Å². The lowest BCUT2D eigenvalue weighted by Crippen LogP contribution is -2.19. The Balaban J connectivity index is 1.95. The molecule has 0 amide bonds. The maximum absolute atomic E-state index is 5.36. The van der Waals surface area contributed by atoms with Crippen molar-refractivity contribution in [2.24, 2.45) is 0 Å². The Morgan fingerprint density at radius 1 is 1.21 bits per heavy atom. The molecule has 4 heteroatoms.